The topological polar surface area (TPSA) is 100 Å². The molecule has 4 N–H and O–H groups in total. The largest absolute Gasteiger partial charge is 0.287 e. The molecular weight excluding hydrogens is 154 g/mol. The molecule has 0 aliphatic heterocycles. The first-order chi connectivity index (χ1) is 5.74. The predicted octanol–water partition coefficient (Wildman–Crippen LogP) is 0.0928. The van der Waals surface area contributed by atoms with Gasteiger partial charge in [0.05, 0.1) is 5.56 Å². The van der Waals surface area contributed by atoms with Gasteiger partial charge < -0.3 is 0 Å². The minimum atomic E-state index is 0.252. The lowest BCUT2D eigenvalue weighted by molar-refractivity contribution is -0.114. The maximum atomic E-state index is 8.10. The number of azide groups is 1. The SMILES string of the molecule is [N-]=[N+]=Nc1ccc(C(N)=[NH2+])cc1. The Balaban J connectivity index is 3.00. The van der Waals surface area contributed by atoms with Crippen LogP contribution in [0.3, 0.4) is 0 Å². The van der Waals surface area contributed by atoms with E-state index in [1.54, 1.807) is 24.3 Å². The van der Waals surface area contributed by atoms with Crippen molar-refractivity contribution in [1.29, 1.82) is 0 Å². The zero-order chi connectivity index (χ0) is 8.97. The molecule has 0 fully saturated rings. The molecular formula is C7H8N5+. The van der Waals surface area contributed by atoms with Gasteiger partial charge in [-0.3, -0.25) is 11.1 Å². The van der Waals surface area contributed by atoms with E-state index < -0.39 is 0 Å². The summed E-state index contributed by atoms with van der Waals surface area (Å²) in [7, 11) is 0. The van der Waals surface area contributed by atoms with Gasteiger partial charge in [0.15, 0.2) is 0 Å². The van der Waals surface area contributed by atoms with Crippen LogP contribution in [0.1, 0.15) is 5.56 Å². The lowest BCUT2D eigenvalue weighted by Crippen LogP contribution is -2.46. The number of amidine groups is 1. The molecule has 0 heterocycles. The van der Waals surface area contributed by atoms with Crippen LogP contribution in [0.5, 0.6) is 0 Å². The highest BCUT2D eigenvalue weighted by atomic mass is 15.1. The van der Waals surface area contributed by atoms with E-state index in [1.807, 2.05) is 0 Å². The summed E-state index contributed by atoms with van der Waals surface area (Å²) < 4.78 is 0. The number of rotatable bonds is 2. The minimum absolute atomic E-state index is 0.252. The highest BCUT2D eigenvalue weighted by Gasteiger charge is 1.98. The van der Waals surface area contributed by atoms with E-state index in [0.717, 1.165) is 5.56 Å². The molecule has 0 saturated carbocycles. The molecule has 0 radical (unpaired) electrons. The van der Waals surface area contributed by atoms with Gasteiger partial charge in [-0.05, 0) is 17.7 Å². The van der Waals surface area contributed by atoms with Gasteiger partial charge in [0.25, 0.3) is 5.84 Å². The smallest absolute Gasteiger partial charge is 0.270 e. The lowest BCUT2D eigenvalue weighted by atomic mass is 10.2. The molecule has 0 bridgehead atoms. The molecule has 0 unspecified atom stereocenters. The van der Waals surface area contributed by atoms with Crippen LogP contribution in [0, 0.1) is 0 Å². The molecule has 0 atom stereocenters. The van der Waals surface area contributed by atoms with Gasteiger partial charge in [0.2, 0.25) is 0 Å². The second kappa shape index (κ2) is 3.41. The van der Waals surface area contributed by atoms with Crippen LogP contribution in [-0.2, 0) is 0 Å². The molecule has 0 aliphatic carbocycles. The Kier molecular flexibility index (Phi) is 2.30. The average Bonchev–Trinajstić information content (AvgIpc) is 2.06. The third kappa shape index (κ3) is 1.74. The zero-order valence-electron chi connectivity index (χ0n) is 6.31. The number of benzene rings is 1. The van der Waals surface area contributed by atoms with Crippen molar-refractivity contribution in [2.45, 2.75) is 0 Å². The lowest BCUT2D eigenvalue weighted by Gasteiger charge is -1.92. The summed E-state index contributed by atoms with van der Waals surface area (Å²) in [6.45, 7) is 0. The third-order valence-electron chi connectivity index (χ3n) is 1.36. The van der Waals surface area contributed by atoms with Crippen molar-refractivity contribution >= 4 is 11.5 Å². The maximum Gasteiger partial charge on any atom is 0.270 e. The van der Waals surface area contributed by atoms with E-state index >= 15 is 0 Å². The van der Waals surface area contributed by atoms with Crippen molar-refractivity contribution in [2.24, 2.45) is 10.8 Å². The number of hydrogen-bond acceptors (Lipinski definition) is 1. The van der Waals surface area contributed by atoms with Crippen LogP contribution in [-0.4, -0.2) is 5.84 Å². The molecule has 0 aliphatic rings. The molecule has 0 spiro atoms. The van der Waals surface area contributed by atoms with E-state index in [-0.39, 0.29) is 5.84 Å². The molecule has 12 heavy (non-hydrogen) atoms. The Morgan fingerprint density at radius 1 is 1.42 bits per heavy atom. The maximum absolute atomic E-state index is 8.10. The van der Waals surface area contributed by atoms with Crippen molar-refractivity contribution < 1.29 is 5.41 Å². The number of nitrogens with two attached hydrogens (primary N) is 2. The monoisotopic (exact) mass is 162 g/mol. The standard InChI is InChI=1S/C7H7N5/c8-7(9)5-1-3-6(4-2-5)11-12-10/h1-4H,(H3,8,9)/p+1. The number of nitrogens with zero attached hydrogens (tertiary/aromatic N) is 3. The average molecular weight is 162 g/mol. The Morgan fingerprint density at radius 3 is 2.42 bits per heavy atom. The summed E-state index contributed by atoms with van der Waals surface area (Å²) in [4.78, 5) is 2.64. The second-order valence-electron chi connectivity index (χ2n) is 2.19. The molecule has 0 amide bonds. The van der Waals surface area contributed by atoms with Crippen LogP contribution < -0.4 is 11.1 Å². The third-order valence-corrected chi connectivity index (χ3v) is 1.36. The fourth-order valence-corrected chi connectivity index (χ4v) is 0.772. The van der Waals surface area contributed by atoms with E-state index in [2.05, 4.69) is 10.0 Å². The molecule has 1 aromatic rings. The van der Waals surface area contributed by atoms with Crippen LogP contribution in [0.2, 0.25) is 0 Å². The molecule has 5 nitrogen and oxygen atoms in total. The quantitative estimate of drug-likeness (QED) is 0.208. The Hall–Kier alpha value is -2.00. The van der Waals surface area contributed by atoms with Crippen LogP contribution in [0.15, 0.2) is 29.4 Å². The summed E-state index contributed by atoms with van der Waals surface area (Å²) >= 11 is 0. The van der Waals surface area contributed by atoms with Crippen LogP contribution >= 0.6 is 0 Å². The van der Waals surface area contributed by atoms with Crippen LogP contribution in [0.25, 0.3) is 10.4 Å². The first kappa shape index (κ1) is 8.10. The highest BCUT2D eigenvalue weighted by Crippen LogP contribution is 2.11. The van der Waals surface area contributed by atoms with Crippen molar-refractivity contribution in [3.63, 3.8) is 0 Å². The van der Waals surface area contributed by atoms with E-state index in [0.29, 0.717) is 5.69 Å². The molecule has 1 rings (SSSR count). The molecule has 0 aromatic heterocycles. The normalized spacial score (nSPS) is 8.67. The van der Waals surface area contributed by atoms with Crippen LogP contribution in [0.4, 0.5) is 5.69 Å². The van der Waals surface area contributed by atoms with E-state index in [4.69, 9.17) is 16.7 Å². The van der Waals surface area contributed by atoms with Crippen molar-refractivity contribution in [1.82, 2.24) is 0 Å². The highest BCUT2D eigenvalue weighted by molar-refractivity contribution is 5.92. The second-order valence-corrected chi connectivity index (χ2v) is 2.19. The van der Waals surface area contributed by atoms with E-state index in [1.165, 1.54) is 0 Å². The summed E-state index contributed by atoms with van der Waals surface area (Å²) in [6, 6.07) is 6.68. The first-order valence-electron chi connectivity index (χ1n) is 3.27. The van der Waals surface area contributed by atoms with Gasteiger partial charge in [-0.15, -0.1) is 0 Å². The molecule has 60 valence electrons. The minimum Gasteiger partial charge on any atom is -0.287 e. The Bertz CT molecular complexity index is 312. The van der Waals surface area contributed by atoms with Crippen molar-refractivity contribution in [3.8, 4) is 0 Å². The predicted molar refractivity (Wildman–Crippen MR) is 45.5 cm³/mol. The fraction of sp³-hybridized carbons (Fsp3) is 0. The van der Waals surface area contributed by atoms with Gasteiger partial charge in [0.1, 0.15) is 0 Å². The zero-order valence-corrected chi connectivity index (χ0v) is 6.31. The van der Waals surface area contributed by atoms with Gasteiger partial charge in [-0.25, -0.2) is 0 Å². The van der Waals surface area contributed by atoms with E-state index in [9.17, 15) is 0 Å². The molecule has 0 saturated heterocycles. The number of hydrogen-bond donors (Lipinski definition) is 2. The molecule has 1 aromatic carbocycles. The fourth-order valence-electron chi connectivity index (χ4n) is 0.772. The Morgan fingerprint density at radius 2 is 2.00 bits per heavy atom. The summed E-state index contributed by atoms with van der Waals surface area (Å²) in [5, 5.41) is 8.73. The molecule has 5 heteroatoms. The van der Waals surface area contributed by atoms with Crippen molar-refractivity contribution in [3.05, 3.63) is 40.3 Å². The van der Waals surface area contributed by atoms with Gasteiger partial charge in [-0.2, -0.15) is 0 Å². The summed E-state index contributed by atoms with van der Waals surface area (Å²) in [5.74, 6) is 0.252. The first-order valence-corrected chi connectivity index (χ1v) is 3.27. The van der Waals surface area contributed by atoms with Gasteiger partial charge >= 0.3 is 0 Å². The summed E-state index contributed by atoms with van der Waals surface area (Å²) in [5.41, 5.74) is 14.7. The Labute approximate surface area is 69.0 Å². The summed E-state index contributed by atoms with van der Waals surface area (Å²) in [6.07, 6.45) is 0. The van der Waals surface area contributed by atoms with Gasteiger partial charge in [0, 0.05) is 10.6 Å². The van der Waals surface area contributed by atoms with Gasteiger partial charge in [-0.1, -0.05) is 17.2 Å². The van der Waals surface area contributed by atoms with Crippen molar-refractivity contribution in [2.75, 3.05) is 0 Å².